The fourth-order valence-corrected chi connectivity index (χ4v) is 4.05. The summed E-state index contributed by atoms with van der Waals surface area (Å²) < 4.78 is 20.1. The van der Waals surface area contributed by atoms with Gasteiger partial charge in [0.1, 0.15) is 5.82 Å². The average molecular weight is 416 g/mol. The lowest BCUT2D eigenvalue weighted by Gasteiger charge is -2.16. The number of fused-ring (bicyclic) bond motifs is 1. The molecule has 0 aliphatic heterocycles. The van der Waals surface area contributed by atoms with E-state index < -0.39 is 0 Å². The lowest BCUT2D eigenvalue weighted by molar-refractivity contribution is -0.145. The molecule has 1 atom stereocenters. The van der Waals surface area contributed by atoms with E-state index in [2.05, 4.69) is 36.3 Å². The Kier molecular flexibility index (Phi) is 6.12. The molecule has 0 spiro atoms. The zero-order valence-corrected chi connectivity index (χ0v) is 17.7. The van der Waals surface area contributed by atoms with Crippen molar-refractivity contribution in [3.63, 3.8) is 0 Å². The second-order valence-corrected chi connectivity index (χ2v) is 7.68. The largest absolute Gasteiger partial charge is 0.469 e. The highest BCUT2D eigenvalue weighted by Gasteiger charge is 2.20. The lowest BCUT2D eigenvalue weighted by atomic mass is 9.90. The van der Waals surface area contributed by atoms with Gasteiger partial charge in [-0.3, -0.25) is 4.79 Å². The van der Waals surface area contributed by atoms with E-state index in [0.717, 1.165) is 46.1 Å². The minimum absolute atomic E-state index is 0.152. The quantitative estimate of drug-likeness (QED) is 0.349. The van der Waals surface area contributed by atoms with Crippen molar-refractivity contribution in [2.45, 2.75) is 26.2 Å². The van der Waals surface area contributed by atoms with Crippen LogP contribution in [-0.4, -0.2) is 22.9 Å². The van der Waals surface area contributed by atoms with E-state index in [0.29, 0.717) is 6.42 Å². The van der Waals surface area contributed by atoms with Gasteiger partial charge < -0.3 is 4.74 Å². The van der Waals surface area contributed by atoms with Crippen LogP contribution < -0.4 is 0 Å². The fraction of sp³-hybridized carbons (Fsp3) is 0.231. The Morgan fingerprint density at radius 1 is 1.10 bits per heavy atom. The van der Waals surface area contributed by atoms with Crippen molar-refractivity contribution in [1.29, 1.82) is 0 Å². The van der Waals surface area contributed by atoms with Crippen LogP contribution in [-0.2, 0) is 16.0 Å². The summed E-state index contributed by atoms with van der Waals surface area (Å²) in [5.41, 5.74) is 5.05. The molecule has 0 aliphatic carbocycles. The Bertz CT molecular complexity index is 1200. The normalized spacial score (nSPS) is 12.1. The number of methoxy groups -OCH3 is 1. The summed E-state index contributed by atoms with van der Waals surface area (Å²) in [7, 11) is 1.45. The van der Waals surface area contributed by atoms with Gasteiger partial charge in [0.2, 0.25) is 0 Å². The van der Waals surface area contributed by atoms with Crippen LogP contribution in [0, 0.1) is 11.7 Å². The molecule has 0 radical (unpaired) electrons. The van der Waals surface area contributed by atoms with Gasteiger partial charge in [0.25, 0.3) is 0 Å². The van der Waals surface area contributed by atoms with Crippen LogP contribution in [0.5, 0.6) is 0 Å². The molecule has 1 unspecified atom stereocenters. The second-order valence-electron chi connectivity index (χ2n) is 7.68. The summed E-state index contributed by atoms with van der Waals surface area (Å²) in [5.74, 6) is -0.582. The highest BCUT2D eigenvalue weighted by molar-refractivity contribution is 5.86. The summed E-state index contributed by atoms with van der Waals surface area (Å²) in [6.45, 7) is 2.08. The van der Waals surface area contributed by atoms with Gasteiger partial charge in [-0.05, 0) is 65.9 Å². The maximum Gasteiger partial charge on any atom is 0.308 e. The van der Waals surface area contributed by atoms with Crippen LogP contribution in [0.1, 0.15) is 25.3 Å². The molecule has 0 amide bonds. The third-order valence-corrected chi connectivity index (χ3v) is 5.61. The van der Waals surface area contributed by atoms with Crippen molar-refractivity contribution >= 4 is 16.9 Å². The standard InChI is InChI=1S/C26H25FN2O2/c1-3-6-20(26(30)31-2)15-18-7-4-5-8-24(18)19-9-14-25-21(16-19)17-28-29(25)23-12-10-22(27)11-13-23/h4-5,7-14,16-17,20H,3,6,15H2,1-2H3. The first-order valence-electron chi connectivity index (χ1n) is 10.5. The van der Waals surface area contributed by atoms with Crippen molar-refractivity contribution < 1.29 is 13.9 Å². The van der Waals surface area contributed by atoms with E-state index in [1.54, 1.807) is 16.8 Å². The molecule has 31 heavy (non-hydrogen) atoms. The van der Waals surface area contributed by atoms with Crippen molar-refractivity contribution in [2.24, 2.45) is 5.92 Å². The Morgan fingerprint density at radius 2 is 1.87 bits per heavy atom. The van der Waals surface area contributed by atoms with Gasteiger partial charge in [-0.15, -0.1) is 0 Å². The third kappa shape index (κ3) is 4.36. The first kappa shape index (κ1) is 20.8. The molecule has 4 rings (SSSR count). The van der Waals surface area contributed by atoms with Gasteiger partial charge in [0.15, 0.2) is 0 Å². The maximum atomic E-state index is 13.3. The van der Waals surface area contributed by atoms with Crippen LogP contribution in [0.3, 0.4) is 0 Å². The summed E-state index contributed by atoms with van der Waals surface area (Å²) in [4.78, 5) is 12.2. The number of carbonyl (C=O) groups excluding carboxylic acids is 1. The number of aromatic nitrogens is 2. The van der Waals surface area contributed by atoms with Gasteiger partial charge in [0.05, 0.1) is 30.4 Å². The number of nitrogens with zero attached hydrogens (tertiary/aromatic N) is 2. The SMILES string of the molecule is CCCC(Cc1ccccc1-c1ccc2c(cnn2-c2ccc(F)cc2)c1)C(=O)OC. The first-order valence-corrected chi connectivity index (χ1v) is 10.5. The molecular formula is C26H25FN2O2. The van der Waals surface area contributed by atoms with Crippen LogP contribution in [0.15, 0.2) is 72.9 Å². The molecule has 1 heterocycles. The molecule has 0 N–H and O–H groups in total. The zero-order valence-electron chi connectivity index (χ0n) is 17.7. The number of ether oxygens (including phenoxy) is 1. The van der Waals surface area contributed by atoms with Crippen molar-refractivity contribution in [1.82, 2.24) is 9.78 Å². The van der Waals surface area contributed by atoms with E-state index in [4.69, 9.17) is 4.74 Å². The predicted molar refractivity (Wildman–Crippen MR) is 121 cm³/mol. The molecule has 0 saturated carbocycles. The van der Waals surface area contributed by atoms with Crippen LogP contribution >= 0.6 is 0 Å². The molecule has 0 saturated heterocycles. The fourth-order valence-electron chi connectivity index (χ4n) is 4.05. The highest BCUT2D eigenvalue weighted by atomic mass is 19.1. The summed E-state index contributed by atoms with van der Waals surface area (Å²) in [6.07, 6.45) is 4.18. The monoisotopic (exact) mass is 416 g/mol. The topological polar surface area (TPSA) is 44.1 Å². The van der Waals surface area contributed by atoms with E-state index in [-0.39, 0.29) is 17.7 Å². The summed E-state index contributed by atoms with van der Waals surface area (Å²) >= 11 is 0. The molecule has 0 bridgehead atoms. The third-order valence-electron chi connectivity index (χ3n) is 5.61. The van der Waals surface area contributed by atoms with E-state index in [1.807, 2.05) is 24.4 Å². The molecular weight excluding hydrogens is 391 g/mol. The predicted octanol–water partition coefficient (Wildman–Crippen LogP) is 5.96. The zero-order chi connectivity index (χ0) is 21.8. The molecule has 4 nitrogen and oxygen atoms in total. The molecule has 0 fully saturated rings. The Morgan fingerprint density at radius 3 is 2.61 bits per heavy atom. The first-order chi connectivity index (χ1) is 15.1. The Balaban J connectivity index is 1.70. The van der Waals surface area contributed by atoms with Crippen LogP contribution in [0.4, 0.5) is 4.39 Å². The minimum atomic E-state index is -0.271. The van der Waals surface area contributed by atoms with E-state index in [1.165, 1.54) is 19.2 Å². The molecule has 1 aromatic heterocycles. The number of benzene rings is 3. The summed E-state index contributed by atoms with van der Waals surface area (Å²) in [6, 6.07) is 20.7. The van der Waals surface area contributed by atoms with Gasteiger partial charge in [-0.25, -0.2) is 9.07 Å². The highest BCUT2D eigenvalue weighted by Crippen LogP contribution is 2.30. The van der Waals surface area contributed by atoms with Crippen molar-refractivity contribution in [3.8, 4) is 16.8 Å². The minimum Gasteiger partial charge on any atom is -0.469 e. The number of esters is 1. The maximum absolute atomic E-state index is 13.3. The lowest BCUT2D eigenvalue weighted by Crippen LogP contribution is -2.18. The second kappa shape index (κ2) is 9.13. The Hall–Kier alpha value is -3.47. The molecule has 5 heteroatoms. The van der Waals surface area contributed by atoms with E-state index >= 15 is 0 Å². The Labute approximate surface area is 181 Å². The van der Waals surface area contributed by atoms with Gasteiger partial charge in [0, 0.05) is 5.39 Å². The number of rotatable bonds is 7. The van der Waals surface area contributed by atoms with Gasteiger partial charge >= 0.3 is 5.97 Å². The van der Waals surface area contributed by atoms with Crippen molar-refractivity contribution in [3.05, 3.63) is 84.3 Å². The number of carbonyl (C=O) groups is 1. The molecule has 158 valence electrons. The molecule has 3 aromatic carbocycles. The smallest absolute Gasteiger partial charge is 0.308 e. The summed E-state index contributed by atoms with van der Waals surface area (Å²) in [5, 5.41) is 5.49. The van der Waals surface area contributed by atoms with Gasteiger partial charge in [-0.1, -0.05) is 43.7 Å². The number of hydrogen-bond donors (Lipinski definition) is 0. The molecule has 4 aromatic rings. The number of hydrogen-bond acceptors (Lipinski definition) is 3. The van der Waals surface area contributed by atoms with E-state index in [9.17, 15) is 9.18 Å². The van der Waals surface area contributed by atoms with Crippen molar-refractivity contribution in [2.75, 3.05) is 7.11 Å². The van der Waals surface area contributed by atoms with Crippen LogP contribution in [0.2, 0.25) is 0 Å². The number of halogens is 1. The average Bonchev–Trinajstić information content (AvgIpc) is 3.22. The van der Waals surface area contributed by atoms with Gasteiger partial charge in [-0.2, -0.15) is 5.10 Å². The molecule has 0 aliphatic rings. The van der Waals surface area contributed by atoms with Crippen LogP contribution in [0.25, 0.3) is 27.7 Å².